The van der Waals surface area contributed by atoms with Gasteiger partial charge in [0.2, 0.25) is 0 Å². The molecule has 0 aromatic heterocycles. The van der Waals surface area contributed by atoms with Crippen LogP contribution in [0, 0.1) is 6.92 Å². The Bertz CT molecular complexity index is 352. The van der Waals surface area contributed by atoms with Crippen molar-refractivity contribution in [3.05, 3.63) is 34.9 Å². The number of carbonyl (C=O) groups is 1. The van der Waals surface area contributed by atoms with Crippen molar-refractivity contribution in [2.45, 2.75) is 32.6 Å². The molecule has 1 aromatic rings. The lowest BCUT2D eigenvalue weighted by molar-refractivity contribution is -0.119. The van der Waals surface area contributed by atoms with Crippen LogP contribution in [0.5, 0.6) is 0 Å². The molecule has 0 spiro atoms. The fourth-order valence-electron chi connectivity index (χ4n) is 2.10. The molecule has 1 aliphatic rings. The van der Waals surface area contributed by atoms with Crippen molar-refractivity contribution in [1.82, 2.24) is 0 Å². The summed E-state index contributed by atoms with van der Waals surface area (Å²) in [6.07, 6.45) is 1.36. The van der Waals surface area contributed by atoms with Crippen molar-refractivity contribution in [1.29, 1.82) is 0 Å². The predicted octanol–water partition coefficient (Wildman–Crippen LogP) is 2.61. The van der Waals surface area contributed by atoms with Crippen LogP contribution in [0.2, 0.25) is 0 Å². The maximum atomic E-state index is 11.3. The van der Waals surface area contributed by atoms with Crippen LogP contribution in [-0.2, 0) is 11.2 Å². The first-order valence-electron chi connectivity index (χ1n) is 4.78. The van der Waals surface area contributed by atoms with Crippen LogP contribution in [0.4, 0.5) is 0 Å². The van der Waals surface area contributed by atoms with Crippen LogP contribution in [0.3, 0.4) is 0 Å². The fraction of sp³-hybridized carbons (Fsp3) is 0.417. The summed E-state index contributed by atoms with van der Waals surface area (Å²) < 4.78 is 0. The van der Waals surface area contributed by atoms with Gasteiger partial charge in [-0.05, 0) is 24.0 Å². The average Bonchev–Trinajstić information content (AvgIpc) is 2.02. The summed E-state index contributed by atoms with van der Waals surface area (Å²) in [4.78, 5) is 11.3. The monoisotopic (exact) mass is 174 g/mol. The molecule has 0 radical (unpaired) electrons. The van der Waals surface area contributed by atoms with E-state index >= 15 is 0 Å². The Morgan fingerprint density at radius 2 is 2.15 bits per heavy atom. The number of Topliss-reactive ketones (excluding diaryl/α,β-unsaturated/α-hetero) is 1. The second-order valence-corrected chi connectivity index (χ2v) is 4.02. The Morgan fingerprint density at radius 1 is 1.38 bits per heavy atom. The lowest BCUT2D eigenvalue weighted by Gasteiger charge is -2.21. The standard InChI is InChI=1S/C12H14O/c1-8-3-4-12-9(2)6-11(13)7-10(12)5-8/h3-5,9H,6-7H2,1-2H3. The molecule has 1 heteroatoms. The third-order valence-corrected chi connectivity index (χ3v) is 2.75. The molecule has 2 rings (SSSR count). The zero-order chi connectivity index (χ0) is 9.42. The van der Waals surface area contributed by atoms with E-state index in [4.69, 9.17) is 0 Å². The van der Waals surface area contributed by atoms with Crippen molar-refractivity contribution in [3.8, 4) is 0 Å². The first-order chi connectivity index (χ1) is 6.16. The molecule has 0 heterocycles. The average molecular weight is 174 g/mol. The second kappa shape index (κ2) is 2.99. The predicted molar refractivity (Wildman–Crippen MR) is 52.9 cm³/mol. The van der Waals surface area contributed by atoms with Crippen molar-refractivity contribution in [2.75, 3.05) is 0 Å². The SMILES string of the molecule is Cc1ccc2c(c1)CC(=O)CC2C. The van der Waals surface area contributed by atoms with E-state index in [0.29, 0.717) is 18.1 Å². The lowest BCUT2D eigenvalue weighted by atomic mass is 9.83. The molecule has 0 N–H and O–H groups in total. The highest BCUT2D eigenvalue weighted by Gasteiger charge is 2.21. The minimum absolute atomic E-state index is 0.380. The second-order valence-electron chi connectivity index (χ2n) is 4.02. The van der Waals surface area contributed by atoms with E-state index in [0.717, 1.165) is 6.42 Å². The van der Waals surface area contributed by atoms with Crippen LogP contribution in [-0.4, -0.2) is 5.78 Å². The first-order valence-corrected chi connectivity index (χ1v) is 4.78. The van der Waals surface area contributed by atoms with E-state index < -0.39 is 0 Å². The van der Waals surface area contributed by atoms with Crippen molar-refractivity contribution in [2.24, 2.45) is 0 Å². The van der Waals surface area contributed by atoms with Gasteiger partial charge in [-0.1, -0.05) is 30.7 Å². The summed E-state index contributed by atoms with van der Waals surface area (Å²) in [5.41, 5.74) is 3.86. The van der Waals surface area contributed by atoms with Gasteiger partial charge in [-0.25, -0.2) is 0 Å². The van der Waals surface area contributed by atoms with Crippen LogP contribution in [0.1, 0.15) is 36.0 Å². The number of ketones is 1. The zero-order valence-corrected chi connectivity index (χ0v) is 8.13. The Hall–Kier alpha value is -1.11. The molecule has 1 atom stereocenters. The quantitative estimate of drug-likeness (QED) is 0.591. The maximum Gasteiger partial charge on any atom is 0.137 e. The summed E-state index contributed by atoms with van der Waals surface area (Å²) in [5.74, 6) is 0.794. The van der Waals surface area contributed by atoms with E-state index in [-0.39, 0.29) is 0 Å². The van der Waals surface area contributed by atoms with E-state index in [1.807, 2.05) is 0 Å². The maximum absolute atomic E-state index is 11.3. The number of benzene rings is 1. The van der Waals surface area contributed by atoms with Gasteiger partial charge in [0.15, 0.2) is 0 Å². The summed E-state index contributed by atoms with van der Waals surface area (Å²) >= 11 is 0. The van der Waals surface area contributed by atoms with Gasteiger partial charge < -0.3 is 0 Å². The van der Waals surface area contributed by atoms with E-state index in [1.165, 1.54) is 16.7 Å². The third-order valence-electron chi connectivity index (χ3n) is 2.75. The van der Waals surface area contributed by atoms with Gasteiger partial charge in [0.25, 0.3) is 0 Å². The normalized spacial score (nSPS) is 21.4. The Morgan fingerprint density at radius 3 is 2.92 bits per heavy atom. The van der Waals surface area contributed by atoms with E-state index in [1.54, 1.807) is 0 Å². The minimum Gasteiger partial charge on any atom is -0.299 e. The van der Waals surface area contributed by atoms with Gasteiger partial charge in [-0.2, -0.15) is 0 Å². The number of rotatable bonds is 0. The summed E-state index contributed by atoms with van der Waals surface area (Å²) in [7, 11) is 0. The van der Waals surface area contributed by atoms with Gasteiger partial charge in [-0.15, -0.1) is 0 Å². The highest BCUT2D eigenvalue weighted by molar-refractivity contribution is 5.84. The number of carbonyl (C=O) groups excluding carboxylic acids is 1. The molecule has 0 bridgehead atoms. The van der Waals surface area contributed by atoms with Crippen molar-refractivity contribution < 1.29 is 4.79 Å². The van der Waals surface area contributed by atoms with E-state index in [9.17, 15) is 4.79 Å². The molecule has 0 saturated carbocycles. The summed E-state index contributed by atoms with van der Waals surface area (Å²) in [5, 5.41) is 0. The molecule has 1 unspecified atom stereocenters. The molecule has 1 nitrogen and oxygen atoms in total. The van der Waals surface area contributed by atoms with Crippen LogP contribution >= 0.6 is 0 Å². The summed E-state index contributed by atoms with van der Waals surface area (Å²) in [6.45, 7) is 4.20. The molecule has 0 aliphatic heterocycles. The molecular weight excluding hydrogens is 160 g/mol. The molecule has 0 amide bonds. The number of aryl methyl sites for hydroxylation is 1. The van der Waals surface area contributed by atoms with E-state index in [2.05, 4.69) is 32.0 Å². The minimum atomic E-state index is 0.380. The number of hydrogen-bond donors (Lipinski definition) is 0. The third kappa shape index (κ3) is 1.51. The first kappa shape index (κ1) is 8.49. The van der Waals surface area contributed by atoms with Crippen LogP contribution < -0.4 is 0 Å². The molecule has 13 heavy (non-hydrogen) atoms. The molecule has 68 valence electrons. The molecule has 1 aromatic carbocycles. The van der Waals surface area contributed by atoms with Crippen molar-refractivity contribution >= 4 is 5.78 Å². The Balaban J connectivity index is 2.49. The molecular formula is C12H14O. The van der Waals surface area contributed by atoms with Crippen LogP contribution in [0.25, 0.3) is 0 Å². The summed E-state index contributed by atoms with van der Waals surface area (Å²) in [6, 6.07) is 6.44. The molecule has 1 aliphatic carbocycles. The zero-order valence-electron chi connectivity index (χ0n) is 8.13. The Kier molecular flexibility index (Phi) is 1.95. The highest BCUT2D eigenvalue weighted by Crippen LogP contribution is 2.29. The van der Waals surface area contributed by atoms with Gasteiger partial charge in [0.1, 0.15) is 5.78 Å². The molecule has 0 fully saturated rings. The van der Waals surface area contributed by atoms with Crippen molar-refractivity contribution in [3.63, 3.8) is 0 Å². The Labute approximate surface area is 78.8 Å². The highest BCUT2D eigenvalue weighted by atomic mass is 16.1. The number of hydrogen-bond acceptors (Lipinski definition) is 1. The smallest absolute Gasteiger partial charge is 0.137 e. The largest absolute Gasteiger partial charge is 0.299 e. The van der Waals surface area contributed by atoms with Gasteiger partial charge in [-0.3, -0.25) is 4.79 Å². The lowest BCUT2D eigenvalue weighted by Crippen LogP contribution is -2.16. The molecule has 0 saturated heterocycles. The van der Waals surface area contributed by atoms with Gasteiger partial charge >= 0.3 is 0 Å². The van der Waals surface area contributed by atoms with Gasteiger partial charge in [0, 0.05) is 12.8 Å². The number of fused-ring (bicyclic) bond motifs is 1. The van der Waals surface area contributed by atoms with Gasteiger partial charge in [0.05, 0.1) is 0 Å². The fourth-order valence-corrected chi connectivity index (χ4v) is 2.10. The topological polar surface area (TPSA) is 17.1 Å². The van der Waals surface area contributed by atoms with Crippen LogP contribution in [0.15, 0.2) is 18.2 Å².